The van der Waals surface area contributed by atoms with E-state index in [1.54, 1.807) is 12.1 Å². The van der Waals surface area contributed by atoms with Crippen molar-refractivity contribution in [3.05, 3.63) is 39.9 Å². The van der Waals surface area contributed by atoms with Crippen molar-refractivity contribution in [3.63, 3.8) is 0 Å². The highest BCUT2D eigenvalue weighted by molar-refractivity contribution is 5.35. The minimum atomic E-state index is -0.411. The summed E-state index contributed by atoms with van der Waals surface area (Å²) in [7, 11) is 0. The van der Waals surface area contributed by atoms with E-state index in [4.69, 9.17) is 5.73 Å². The first-order valence-electron chi connectivity index (χ1n) is 4.15. The average Bonchev–Trinajstić information content (AvgIpc) is 2.17. The molecule has 0 saturated carbocycles. The van der Waals surface area contributed by atoms with Gasteiger partial charge in [0, 0.05) is 18.2 Å². The molecule has 0 aliphatic rings. The minimum Gasteiger partial charge on any atom is -0.324 e. The first kappa shape index (κ1) is 9.67. The Morgan fingerprint density at radius 1 is 1.62 bits per heavy atom. The summed E-state index contributed by atoms with van der Waals surface area (Å²) in [6.07, 6.45) is 0.779. The zero-order chi connectivity index (χ0) is 9.84. The van der Waals surface area contributed by atoms with Crippen LogP contribution in [0.25, 0.3) is 0 Å². The van der Waals surface area contributed by atoms with E-state index in [2.05, 4.69) is 0 Å². The lowest BCUT2D eigenvalue weighted by atomic mass is 10.1. The molecule has 0 aromatic heterocycles. The van der Waals surface area contributed by atoms with Gasteiger partial charge in [-0.15, -0.1) is 0 Å². The zero-order valence-corrected chi connectivity index (χ0v) is 7.43. The number of nitro benzene ring substituents is 1. The SMILES string of the molecule is CC[C@H](N)c1cccc([N+](=O)[O-])c1. The van der Waals surface area contributed by atoms with Crippen LogP contribution in [0.1, 0.15) is 24.9 Å². The van der Waals surface area contributed by atoms with Crippen molar-refractivity contribution in [2.24, 2.45) is 5.73 Å². The molecule has 0 saturated heterocycles. The average molecular weight is 180 g/mol. The molecule has 0 heterocycles. The lowest BCUT2D eigenvalue weighted by Crippen LogP contribution is -2.08. The van der Waals surface area contributed by atoms with Crippen molar-refractivity contribution >= 4 is 5.69 Å². The molecular weight excluding hydrogens is 168 g/mol. The third-order valence-corrected chi connectivity index (χ3v) is 1.95. The molecule has 4 heteroatoms. The van der Waals surface area contributed by atoms with Crippen molar-refractivity contribution in [2.45, 2.75) is 19.4 Å². The van der Waals surface area contributed by atoms with Gasteiger partial charge in [-0.25, -0.2) is 0 Å². The molecule has 0 unspecified atom stereocenters. The molecule has 1 aromatic carbocycles. The van der Waals surface area contributed by atoms with Crippen LogP contribution in [0.5, 0.6) is 0 Å². The molecule has 0 fully saturated rings. The number of non-ortho nitro benzene ring substituents is 1. The van der Waals surface area contributed by atoms with Gasteiger partial charge in [-0.2, -0.15) is 0 Å². The van der Waals surface area contributed by atoms with Crippen LogP contribution in [0.4, 0.5) is 5.69 Å². The van der Waals surface area contributed by atoms with E-state index in [9.17, 15) is 10.1 Å². The van der Waals surface area contributed by atoms with Crippen molar-refractivity contribution < 1.29 is 4.92 Å². The fraction of sp³-hybridized carbons (Fsp3) is 0.333. The van der Waals surface area contributed by atoms with Crippen LogP contribution in [-0.4, -0.2) is 4.92 Å². The first-order valence-corrected chi connectivity index (χ1v) is 4.15. The second kappa shape index (κ2) is 4.00. The molecular formula is C9H12N2O2. The van der Waals surface area contributed by atoms with Crippen molar-refractivity contribution in [3.8, 4) is 0 Å². The molecule has 4 nitrogen and oxygen atoms in total. The summed E-state index contributed by atoms with van der Waals surface area (Å²) in [5, 5.41) is 10.4. The molecule has 1 atom stereocenters. The van der Waals surface area contributed by atoms with Crippen molar-refractivity contribution in [1.82, 2.24) is 0 Å². The van der Waals surface area contributed by atoms with Gasteiger partial charge in [0.25, 0.3) is 5.69 Å². The topological polar surface area (TPSA) is 69.2 Å². The zero-order valence-electron chi connectivity index (χ0n) is 7.43. The summed E-state index contributed by atoms with van der Waals surface area (Å²) >= 11 is 0. The van der Waals surface area contributed by atoms with Gasteiger partial charge in [-0.3, -0.25) is 10.1 Å². The van der Waals surface area contributed by atoms with Gasteiger partial charge in [-0.1, -0.05) is 19.1 Å². The van der Waals surface area contributed by atoms with Crippen molar-refractivity contribution in [1.29, 1.82) is 0 Å². The fourth-order valence-corrected chi connectivity index (χ4v) is 1.10. The molecule has 0 spiro atoms. The van der Waals surface area contributed by atoms with Gasteiger partial charge in [-0.05, 0) is 12.0 Å². The lowest BCUT2D eigenvalue weighted by Gasteiger charge is -2.07. The second-order valence-electron chi connectivity index (χ2n) is 2.87. The highest BCUT2D eigenvalue weighted by Crippen LogP contribution is 2.19. The van der Waals surface area contributed by atoms with Gasteiger partial charge in [0.1, 0.15) is 0 Å². The third-order valence-electron chi connectivity index (χ3n) is 1.95. The Kier molecular flexibility index (Phi) is 2.97. The number of hydrogen-bond acceptors (Lipinski definition) is 3. The Bertz CT molecular complexity index is 312. The number of nitro groups is 1. The van der Waals surface area contributed by atoms with Gasteiger partial charge in [0.15, 0.2) is 0 Å². The predicted molar refractivity (Wildman–Crippen MR) is 50.3 cm³/mol. The molecule has 0 amide bonds. The van der Waals surface area contributed by atoms with Gasteiger partial charge in [0.2, 0.25) is 0 Å². The Labute approximate surface area is 76.5 Å². The maximum Gasteiger partial charge on any atom is 0.269 e. The normalized spacial score (nSPS) is 12.5. The molecule has 0 radical (unpaired) electrons. The number of hydrogen-bond donors (Lipinski definition) is 1. The molecule has 70 valence electrons. The number of nitrogens with two attached hydrogens (primary N) is 1. The van der Waals surface area contributed by atoms with E-state index in [1.807, 2.05) is 6.92 Å². The Morgan fingerprint density at radius 2 is 2.31 bits per heavy atom. The van der Waals surface area contributed by atoms with Crippen LogP contribution in [0.15, 0.2) is 24.3 Å². The van der Waals surface area contributed by atoms with Crippen LogP contribution >= 0.6 is 0 Å². The maximum absolute atomic E-state index is 10.4. The fourth-order valence-electron chi connectivity index (χ4n) is 1.10. The lowest BCUT2D eigenvalue weighted by molar-refractivity contribution is -0.384. The maximum atomic E-state index is 10.4. The van der Waals surface area contributed by atoms with Gasteiger partial charge in [0.05, 0.1) is 4.92 Å². The second-order valence-corrected chi connectivity index (χ2v) is 2.87. The molecule has 0 bridgehead atoms. The molecule has 0 aliphatic carbocycles. The van der Waals surface area contributed by atoms with E-state index in [-0.39, 0.29) is 11.7 Å². The van der Waals surface area contributed by atoms with Crippen LogP contribution in [0.2, 0.25) is 0 Å². The van der Waals surface area contributed by atoms with Crippen LogP contribution in [0, 0.1) is 10.1 Å². The van der Waals surface area contributed by atoms with E-state index in [1.165, 1.54) is 12.1 Å². The van der Waals surface area contributed by atoms with Crippen LogP contribution < -0.4 is 5.73 Å². The number of nitrogens with zero attached hydrogens (tertiary/aromatic N) is 1. The predicted octanol–water partition coefficient (Wildman–Crippen LogP) is 2.00. The molecule has 2 N–H and O–H groups in total. The van der Waals surface area contributed by atoms with Gasteiger partial charge < -0.3 is 5.73 Å². The number of rotatable bonds is 3. The first-order chi connectivity index (χ1) is 6.15. The summed E-state index contributed by atoms with van der Waals surface area (Å²) in [6, 6.07) is 6.34. The van der Waals surface area contributed by atoms with E-state index < -0.39 is 4.92 Å². The summed E-state index contributed by atoms with van der Waals surface area (Å²) in [4.78, 5) is 10.0. The van der Waals surface area contributed by atoms with E-state index in [0.29, 0.717) is 0 Å². The molecule has 13 heavy (non-hydrogen) atoms. The Balaban J connectivity index is 2.98. The monoisotopic (exact) mass is 180 g/mol. The largest absolute Gasteiger partial charge is 0.324 e. The Morgan fingerprint density at radius 3 is 2.85 bits per heavy atom. The molecule has 0 aliphatic heterocycles. The number of benzene rings is 1. The summed E-state index contributed by atoms with van der Waals surface area (Å²) in [6.45, 7) is 1.95. The molecule has 1 rings (SSSR count). The van der Waals surface area contributed by atoms with E-state index in [0.717, 1.165) is 12.0 Å². The Hall–Kier alpha value is -1.42. The third kappa shape index (κ3) is 2.26. The summed E-state index contributed by atoms with van der Waals surface area (Å²) < 4.78 is 0. The highest BCUT2D eigenvalue weighted by Gasteiger charge is 2.08. The van der Waals surface area contributed by atoms with Crippen LogP contribution in [0.3, 0.4) is 0 Å². The standard InChI is InChI=1S/C9H12N2O2/c1-2-9(10)7-4-3-5-8(6-7)11(12)13/h3-6,9H,2,10H2,1H3/t9-/m0/s1. The highest BCUT2D eigenvalue weighted by atomic mass is 16.6. The smallest absolute Gasteiger partial charge is 0.269 e. The minimum absolute atomic E-state index is 0.0985. The molecule has 1 aromatic rings. The summed E-state index contributed by atoms with van der Waals surface area (Å²) in [5.74, 6) is 0. The van der Waals surface area contributed by atoms with Gasteiger partial charge >= 0.3 is 0 Å². The van der Waals surface area contributed by atoms with Crippen LogP contribution in [-0.2, 0) is 0 Å². The summed E-state index contributed by atoms with van der Waals surface area (Å²) in [5.41, 5.74) is 6.66. The van der Waals surface area contributed by atoms with E-state index >= 15 is 0 Å². The quantitative estimate of drug-likeness (QED) is 0.571. The van der Waals surface area contributed by atoms with Crippen molar-refractivity contribution in [2.75, 3.05) is 0 Å².